The molecule has 0 fully saturated rings. The van der Waals surface area contributed by atoms with Crippen molar-refractivity contribution in [2.45, 2.75) is 26.4 Å². The highest BCUT2D eigenvalue weighted by Crippen LogP contribution is 2.34. The van der Waals surface area contributed by atoms with E-state index in [9.17, 15) is 9.59 Å². The fourth-order valence-corrected chi connectivity index (χ4v) is 1.80. The second kappa shape index (κ2) is 7.26. The third-order valence-electron chi connectivity index (χ3n) is 2.10. The first-order chi connectivity index (χ1) is 9.99. The minimum absolute atomic E-state index is 0.0129. The zero-order valence-corrected chi connectivity index (χ0v) is 14.6. The Labute approximate surface area is 143 Å². The van der Waals surface area contributed by atoms with Crippen molar-refractivity contribution in [2.24, 2.45) is 0 Å². The Bertz CT molecular complexity index is 587. The second-order valence-corrected chi connectivity index (χ2v) is 6.46. The van der Waals surface area contributed by atoms with Crippen molar-refractivity contribution in [1.29, 1.82) is 0 Å². The van der Waals surface area contributed by atoms with Gasteiger partial charge in [-0.3, -0.25) is 0 Å². The molecule has 0 aromatic heterocycles. The predicted molar refractivity (Wildman–Crippen MR) is 84.6 cm³/mol. The molecular weight excluding hydrogens is 355 g/mol. The topological polar surface area (TPSA) is 67.9 Å². The van der Waals surface area contributed by atoms with Gasteiger partial charge in [-0.05, 0) is 26.8 Å². The van der Waals surface area contributed by atoms with Crippen LogP contribution in [-0.2, 0) is 4.74 Å². The molecule has 1 aromatic carbocycles. The molecule has 0 spiro atoms. The number of benzene rings is 1. The summed E-state index contributed by atoms with van der Waals surface area (Å²) < 4.78 is 10.0. The summed E-state index contributed by atoms with van der Waals surface area (Å²) in [6.07, 6.45) is -1.68. The molecule has 6 nitrogen and oxygen atoms in total. The minimum Gasteiger partial charge on any atom is -0.443 e. The van der Waals surface area contributed by atoms with Gasteiger partial charge in [-0.1, -0.05) is 34.8 Å². The lowest BCUT2D eigenvalue weighted by Gasteiger charge is -2.23. The Kier molecular flexibility index (Phi) is 6.17. The fourth-order valence-electron chi connectivity index (χ4n) is 1.23. The summed E-state index contributed by atoms with van der Waals surface area (Å²) in [4.78, 5) is 23.4. The van der Waals surface area contributed by atoms with Crippen molar-refractivity contribution in [1.82, 2.24) is 10.4 Å². The number of hydrogen-bond donors (Lipinski definition) is 1. The monoisotopic (exact) mass is 368 g/mol. The van der Waals surface area contributed by atoms with Crippen LogP contribution in [0.15, 0.2) is 12.1 Å². The van der Waals surface area contributed by atoms with Crippen molar-refractivity contribution >= 4 is 47.0 Å². The number of nitrogens with zero attached hydrogens (tertiary/aromatic N) is 1. The molecule has 0 atom stereocenters. The van der Waals surface area contributed by atoms with E-state index >= 15 is 0 Å². The third kappa shape index (κ3) is 5.79. The number of amides is 2. The Morgan fingerprint density at radius 1 is 1.09 bits per heavy atom. The van der Waals surface area contributed by atoms with Gasteiger partial charge in [-0.2, -0.15) is 0 Å². The van der Waals surface area contributed by atoms with Crippen LogP contribution in [-0.4, -0.2) is 29.8 Å². The van der Waals surface area contributed by atoms with Crippen LogP contribution in [0.3, 0.4) is 0 Å². The molecule has 1 N–H and O–H groups in total. The second-order valence-electron chi connectivity index (χ2n) is 5.24. The van der Waals surface area contributed by atoms with Crippen LogP contribution in [0.5, 0.6) is 5.75 Å². The molecule has 2 amide bonds. The number of hydrazine groups is 1. The zero-order chi connectivity index (χ0) is 17.1. The first-order valence-corrected chi connectivity index (χ1v) is 7.22. The average molecular weight is 370 g/mol. The van der Waals surface area contributed by atoms with E-state index in [1.54, 1.807) is 20.8 Å². The summed E-state index contributed by atoms with van der Waals surface area (Å²) in [7, 11) is 1.29. The van der Waals surface area contributed by atoms with Gasteiger partial charge in [-0.15, -0.1) is 0 Å². The molecule has 0 saturated carbocycles. The van der Waals surface area contributed by atoms with E-state index in [2.05, 4.69) is 5.43 Å². The molecule has 9 heteroatoms. The van der Waals surface area contributed by atoms with Gasteiger partial charge in [-0.25, -0.2) is 20.0 Å². The Morgan fingerprint density at radius 3 is 2.18 bits per heavy atom. The normalized spacial score (nSPS) is 10.9. The lowest BCUT2D eigenvalue weighted by molar-refractivity contribution is 0.0376. The molecule has 0 bridgehead atoms. The molecule has 0 heterocycles. The van der Waals surface area contributed by atoms with Crippen molar-refractivity contribution in [3.05, 3.63) is 27.2 Å². The van der Waals surface area contributed by atoms with Crippen molar-refractivity contribution < 1.29 is 19.1 Å². The summed E-state index contributed by atoms with van der Waals surface area (Å²) in [6, 6.07) is 2.64. The molecule has 0 saturated heterocycles. The van der Waals surface area contributed by atoms with E-state index in [4.69, 9.17) is 44.3 Å². The molecule has 1 rings (SSSR count). The first kappa shape index (κ1) is 18.7. The predicted octanol–water partition coefficient (Wildman–Crippen LogP) is 4.52. The number of nitrogens with one attached hydrogen (secondary N) is 1. The van der Waals surface area contributed by atoms with Gasteiger partial charge in [0.05, 0.1) is 15.1 Å². The van der Waals surface area contributed by atoms with Crippen LogP contribution in [0.2, 0.25) is 15.1 Å². The van der Waals surface area contributed by atoms with E-state index in [0.717, 1.165) is 5.01 Å². The van der Waals surface area contributed by atoms with Gasteiger partial charge in [0, 0.05) is 13.1 Å². The molecular formula is C13H15Cl3N2O4. The van der Waals surface area contributed by atoms with Gasteiger partial charge in [0.1, 0.15) is 5.60 Å². The van der Waals surface area contributed by atoms with Crippen LogP contribution < -0.4 is 10.2 Å². The Balaban J connectivity index is 2.69. The van der Waals surface area contributed by atoms with E-state index in [-0.39, 0.29) is 20.8 Å². The van der Waals surface area contributed by atoms with Crippen LogP contribution in [0, 0.1) is 0 Å². The van der Waals surface area contributed by atoms with Crippen molar-refractivity contribution in [3.63, 3.8) is 0 Å². The molecule has 22 heavy (non-hydrogen) atoms. The highest BCUT2D eigenvalue weighted by molar-refractivity contribution is 6.43. The highest BCUT2D eigenvalue weighted by atomic mass is 35.5. The summed E-state index contributed by atoms with van der Waals surface area (Å²) in [6.45, 7) is 5.08. The largest absolute Gasteiger partial charge is 0.443 e. The summed E-state index contributed by atoms with van der Waals surface area (Å²) >= 11 is 17.5. The van der Waals surface area contributed by atoms with Crippen LogP contribution in [0.4, 0.5) is 9.59 Å². The molecule has 0 unspecified atom stereocenters. The molecule has 1 aromatic rings. The minimum atomic E-state index is -0.883. The molecule has 122 valence electrons. The maximum absolute atomic E-state index is 11.9. The van der Waals surface area contributed by atoms with Crippen LogP contribution in [0.1, 0.15) is 20.8 Å². The first-order valence-electron chi connectivity index (χ1n) is 6.09. The standard InChI is InChI=1S/C13H15Cl3N2O4/c1-13(2,3)22-11(19)17-18(4)12(20)21-10-6-8(15)7(14)5-9(10)16/h5-6H,1-4H3,(H,17,19). The number of carbonyl (C=O) groups excluding carboxylic acids is 2. The van der Waals surface area contributed by atoms with E-state index in [1.165, 1.54) is 19.2 Å². The van der Waals surface area contributed by atoms with Crippen molar-refractivity contribution in [3.8, 4) is 5.75 Å². The lowest BCUT2D eigenvalue weighted by atomic mass is 10.2. The van der Waals surface area contributed by atoms with E-state index < -0.39 is 17.8 Å². The van der Waals surface area contributed by atoms with Crippen molar-refractivity contribution in [2.75, 3.05) is 7.05 Å². The quantitative estimate of drug-likeness (QED) is 0.584. The number of carbonyl (C=O) groups is 2. The summed E-state index contributed by atoms with van der Waals surface area (Å²) in [5.41, 5.74) is 1.50. The van der Waals surface area contributed by atoms with Gasteiger partial charge in [0.2, 0.25) is 0 Å². The smallest absolute Gasteiger partial charge is 0.434 e. The van der Waals surface area contributed by atoms with Gasteiger partial charge in [0.15, 0.2) is 5.75 Å². The number of ether oxygens (including phenoxy) is 2. The zero-order valence-electron chi connectivity index (χ0n) is 12.4. The molecule has 0 aliphatic carbocycles. The van der Waals surface area contributed by atoms with Crippen LogP contribution in [0.25, 0.3) is 0 Å². The van der Waals surface area contributed by atoms with E-state index in [0.29, 0.717) is 0 Å². The van der Waals surface area contributed by atoms with Gasteiger partial charge >= 0.3 is 12.2 Å². The summed E-state index contributed by atoms with van der Waals surface area (Å²) in [5, 5.41) is 1.32. The Morgan fingerprint density at radius 2 is 1.64 bits per heavy atom. The fraction of sp³-hybridized carbons (Fsp3) is 0.385. The highest BCUT2D eigenvalue weighted by Gasteiger charge is 2.21. The molecule has 0 aliphatic rings. The summed E-state index contributed by atoms with van der Waals surface area (Å²) in [5.74, 6) is 0.0129. The SMILES string of the molecule is CN(NC(=O)OC(C)(C)C)C(=O)Oc1cc(Cl)c(Cl)cc1Cl. The Hall–Kier alpha value is -1.37. The number of rotatable bonds is 1. The van der Waals surface area contributed by atoms with Gasteiger partial charge < -0.3 is 9.47 Å². The lowest BCUT2D eigenvalue weighted by Crippen LogP contribution is -2.46. The molecule has 0 radical (unpaired) electrons. The van der Waals surface area contributed by atoms with E-state index in [1.807, 2.05) is 0 Å². The number of halogens is 3. The molecule has 0 aliphatic heterocycles. The maximum Gasteiger partial charge on any atom is 0.434 e. The average Bonchev–Trinajstić information content (AvgIpc) is 2.33. The number of hydrogen-bond acceptors (Lipinski definition) is 4. The van der Waals surface area contributed by atoms with Gasteiger partial charge in [0.25, 0.3) is 0 Å². The van der Waals surface area contributed by atoms with Crippen LogP contribution >= 0.6 is 34.8 Å². The maximum atomic E-state index is 11.9. The third-order valence-corrected chi connectivity index (χ3v) is 3.12.